The van der Waals surface area contributed by atoms with Gasteiger partial charge in [0.2, 0.25) is 0 Å². The van der Waals surface area contributed by atoms with Crippen molar-refractivity contribution in [2.45, 2.75) is 77.1 Å². The molecule has 0 heterocycles. The predicted octanol–water partition coefficient (Wildman–Crippen LogP) is 5.00. The molecule has 2 unspecified atom stereocenters. The molecule has 0 aromatic heterocycles. The SMILES string of the molecule is CCCCC(CC)COC(=O)CCCC(=O)OCC(F)(F)C(F)C(F)(F)F. The lowest BCUT2D eigenvalue weighted by Crippen LogP contribution is -2.45. The van der Waals surface area contributed by atoms with Gasteiger partial charge in [-0.05, 0) is 18.8 Å². The third-order valence-corrected chi connectivity index (χ3v) is 3.87. The van der Waals surface area contributed by atoms with Gasteiger partial charge in [0.1, 0.15) is 0 Å². The first-order valence-corrected chi connectivity index (χ1v) is 8.83. The summed E-state index contributed by atoms with van der Waals surface area (Å²) in [5, 5.41) is 0. The van der Waals surface area contributed by atoms with E-state index < -0.39 is 43.2 Å². The van der Waals surface area contributed by atoms with E-state index in [0.29, 0.717) is 0 Å². The van der Waals surface area contributed by atoms with Crippen molar-refractivity contribution < 1.29 is 45.4 Å². The highest BCUT2D eigenvalue weighted by molar-refractivity contribution is 5.72. The first-order valence-electron chi connectivity index (χ1n) is 8.83. The largest absolute Gasteiger partial charge is 0.465 e. The molecule has 0 aromatic rings. The maximum atomic E-state index is 13.0. The minimum Gasteiger partial charge on any atom is -0.465 e. The Bertz CT molecular complexity index is 453. The standard InChI is InChI=1S/C17H26F6O4/c1-3-5-7-12(4-2)10-26-13(24)8-6-9-14(25)27-11-16(19,20)15(18)17(21,22)23/h12,15H,3-11H2,1-2H3. The molecular weight excluding hydrogens is 382 g/mol. The molecule has 0 N–H and O–H groups in total. The lowest BCUT2D eigenvalue weighted by molar-refractivity contribution is -0.254. The van der Waals surface area contributed by atoms with E-state index >= 15 is 0 Å². The Balaban J connectivity index is 4.07. The van der Waals surface area contributed by atoms with E-state index in [4.69, 9.17) is 4.74 Å². The lowest BCUT2D eigenvalue weighted by atomic mass is 10.0. The van der Waals surface area contributed by atoms with Crippen molar-refractivity contribution in [1.29, 1.82) is 0 Å². The van der Waals surface area contributed by atoms with Gasteiger partial charge < -0.3 is 9.47 Å². The molecule has 0 saturated carbocycles. The number of carbonyl (C=O) groups is 2. The summed E-state index contributed by atoms with van der Waals surface area (Å²) in [6, 6.07) is 0. The molecule has 0 aliphatic rings. The second kappa shape index (κ2) is 12.1. The Kier molecular flexibility index (Phi) is 11.4. The van der Waals surface area contributed by atoms with Crippen molar-refractivity contribution in [1.82, 2.24) is 0 Å². The van der Waals surface area contributed by atoms with Crippen LogP contribution in [0.2, 0.25) is 0 Å². The second-order valence-electron chi connectivity index (χ2n) is 6.28. The zero-order valence-corrected chi connectivity index (χ0v) is 15.4. The highest BCUT2D eigenvalue weighted by Crippen LogP contribution is 2.35. The highest BCUT2D eigenvalue weighted by atomic mass is 19.4. The Morgan fingerprint density at radius 1 is 0.926 bits per heavy atom. The quantitative estimate of drug-likeness (QED) is 0.318. The van der Waals surface area contributed by atoms with Crippen LogP contribution in [0, 0.1) is 5.92 Å². The molecule has 10 heteroatoms. The number of hydrogen-bond acceptors (Lipinski definition) is 4. The van der Waals surface area contributed by atoms with Gasteiger partial charge in [0.15, 0.2) is 6.61 Å². The number of rotatable bonds is 13. The summed E-state index contributed by atoms with van der Waals surface area (Å²) in [7, 11) is 0. The van der Waals surface area contributed by atoms with Gasteiger partial charge in [-0.25, -0.2) is 4.39 Å². The van der Waals surface area contributed by atoms with Crippen molar-refractivity contribution in [3.63, 3.8) is 0 Å². The molecule has 0 fully saturated rings. The van der Waals surface area contributed by atoms with E-state index in [9.17, 15) is 35.9 Å². The van der Waals surface area contributed by atoms with E-state index in [1.165, 1.54) is 0 Å². The second-order valence-corrected chi connectivity index (χ2v) is 6.28. The molecule has 2 atom stereocenters. The lowest BCUT2D eigenvalue weighted by Gasteiger charge is -2.22. The molecule has 160 valence electrons. The van der Waals surface area contributed by atoms with Crippen LogP contribution in [0.1, 0.15) is 58.8 Å². The summed E-state index contributed by atoms with van der Waals surface area (Å²) in [6.07, 6.45) is -7.08. The summed E-state index contributed by atoms with van der Waals surface area (Å²) in [4.78, 5) is 22.8. The Morgan fingerprint density at radius 2 is 1.48 bits per heavy atom. The Labute approximate surface area is 154 Å². The minimum absolute atomic E-state index is 0.0761. The van der Waals surface area contributed by atoms with Crippen LogP contribution in [0.5, 0.6) is 0 Å². The first-order chi connectivity index (χ1) is 12.4. The highest BCUT2D eigenvalue weighted by Gasteiger charge is 2.57. The van der Waals surface area contributed by atoms with Gasteiger partial charge in [0, 0.05) is 12.8 Å². The van der Waals surface area contributed by atoms with Crippen LogP contribution in [-0.4, -0.2) is 43.4 Å². The smallest absolute Gasteiger partial charge is 0.425 e. The molecule has 27 heavy (non-hydrogen) atoms. The summed E-state index contributed by atoms with van der Waals surface area (Å²) in [6.45, 7) is 2.25. The zero-order chi connectivity index (χ0) is 21.1. The Hall–Kier alpha value is -1.48. The molecule has 0 bridgehead atoms. The average molecular weight is 408 g/mol. The Morgan fingerprint density at radius 3 is 1.96 bits per heavy atom. The number of halogens is 6. The van der Waals surface area contributed by atoms with Crippen LogP contribution in [0.3, 0.4) is 0 Å². The third kappa shape index (κ3) is 11.1. The monoisotopic (exact) mass is 408 g/mol. The van der Waals surface area contributed by atoms with Crippen LogP contribution in [-0.2, 0) is 19.1 Å². The van der Waals surface area contributed by atoms with Gasteiger partial charge in [-0.3, -0.25) is 9.59 Å². The number of ether oxygens (including phenoxy) is 2. The predicted molar refractivity (Wildman–Crippen MR) is 85.0 cm³/mol. The van der Waals surface area contributed by atoms with Crippen molar-refractivity contribution in [3.05, 3.63) is 0 Å². The number of esters is 2. The van der Waals surface area contributed by atoms with Crippen LogP contribution in [0.4, 0.5) is 26.3 Å². The molecule has 0 spiro atoms. The molecule has 0 saturated heterocycles. The normalized spacial score (nSPS) is 14.5. The van der Waals surface area contributed by atoms with Crippen LogP contribution >= 0.6 is 0 Å². The molecule has 0 rings (SSSR count). The number of carbonyl (C=O) groups excluding carboxylic acids is 2. The van der Waals surface area contributed by atoms with E-state index in [-0.39, 0.29) is 25.4 Å². The zero-order valence-electron chi connectivity index (χ0n) is 15.4. The minimum atomic E-state index is -5.76. The number of hydrogen-bond donors (Lipinski definition) is 0. The van der Waals surface area contributed by atoms with Crippen LogP contribution < -0.4 is 0 Å². The maximum absolute atomic E-state index is 13.0. The van der Waals surface area contributed by atoms with E-state index in [1.807, 2.05) is 13.8 Å². The molecule has 0 aliphatic heterocycles. The summed E-state index contributed by atoms with van der Waals surface area (Å²) < 4.78 is 83.4. The summed E-state index contributed by atoms with van der Waals surface area (Å²) >= 11 is 0. The van der Waals surface area contributed by atoms with Crippen LogP contribution in [0.15, 0.2) is 0 Å². The van der Waals surface area contributed by atoms with Crippen molar-refractivity contribution >= 4 is 11.9 Å². The van der Waals surface area contributed by atoms with E-state index in [1.54, 1.807) is 0 Å². The van der Waals surface area contributed by atoms with Gasteiger partial charge in [0.05, 0.1) is 6.61 Å². The van der Waals surface area contributed by atoms with Gasteiger partial charge in [-0.1, -0.05) is 33.1 Å². The maximum Gasteiger partial charge on any atom is 0.425 e. The molecule has 0 aromatic carbocycles. The van der Waals surface area contributed by atoms with Gasteiger partial charge in [0.25, 0.3) is 6.17 Å². The fourth-order valence-electron chi connectivity index (χ4n) is 2.12. The number of alkyl halides is 6. The molecule has 0 aliphatic carbocycles. The summed E-state index contributed by atoms with van der Waals surface area (Å²) in [5.74, 6) is -6.45. The van der Waals surface area contributed by atoms with Gasteiger partial charge >= 0.3 is 24.0 Å². The summed E-state index contributed by atoms with van der Waals surface area (Å²) in [5.41, 5.74) is 0. The number of unbranched alkanes of at least 4 members (excludes halogenated alkanes) is 1. The van der Waals surface area contributed by atoms with Crippen molar-refractivity contribution in [3.8, 4) is 0 Å². The van der Waals surface area contributed by atoms with Gasteiger partial charge in [-0.15, -0.1) is 0 Å². The fourth-order valence-corrected chi connectivity index (χ4v) is 2.12. The molecule has 4 nitrogen and oxygen atoms in total. The van der Waals surface area contributed by atoms with E-state index in [2.05, 4.69) is 4.74 Å². The van der Waals surface area contributed by atoms with Gasteiger partial charge in [-0.2, -0.15) is 22.0 Å². The van der Waals surface area contributed by atoms with Crippen molar-refractivity contribution in [2.24, 2.45) is 5.92 Å². The average Bonchev–Trinajstić information content (AvgIpc) is 2.58. The first kappa shape index (κ1) is 25.5. The van der Waals surface area contributed by atoms with Crippen LogP contribution in [0.25, 0.3) is 0 Å². The van der Waals surface area contributed by atoms with Crippen molar-refractivity contribution in [2.75, 3.05) is 13.2 Å². The molecule has 0 amide bonds. The molecule has 0 radical (unpaired) electrons. The van der Waals surface area contributed by atoms with E-state index in [0.717, 1.165) is 25.7 Å². The third-order valence-electron chi connectivity index (χ3n) is 3.87. The molecular formula is C17H26F6O4. The fraction of sp³-hybridized carbons (Fsp3) is 0.882. The topological polar surface area (TPSA) is 52.6 Å².